The molecule has 0 unspecified atom stereocenters. The van der Waals surface area contributed by atoms with E-state index in [9.17, 15) is 17.2 Å². The number of aromatic nitrogens is 4. The highest BCUT2D eigenvalue weighted by Gasteiger charge is 2.24. The van der Waals surface area contributed by atoms with Gasteiger partial charge in [-0.25, -0.2) is 21.5 Å². The Morgan fingerprint density at radius 3 is 2.53 bits per heavy atom. The van der Waals surface area contributed by atoms with Crippen molar-refractivity contribution in [3.63, 3.8) is 0 Å². The van der Waals surface area contributed by atoms with Crippen LogP contribution in [0.4, 0.5) is 8.78 Å². The summed E-state index contributed by atoms with van der Waals surface area (Å²) in [6.45, 7) is 1.91. The van der Waals surface area contributed by atoms with Crippen molar-refractivity contribution in [2.24, 2.45) is 0 Å². The van der Waals surface area contributed by atoms with Gasteiger partial charge in [-0.15, -0.1) is 0 Å². The van der Waals surface area contributed by atoms with Crippen LogP contribution in [0.5, 0.6) is 11.8 Å². The van der Waals surface area contributed by atoms with E-state index < -0.39 is 27.4 Å². The van der Waals surface area contributed by atoms with Crippen LogP contribution in [0.1, 0.15) is 11.3 Å². The molecule has 166 valence electrons. The van der Waals surface area contributed by atoms with Crippen molar-refractivity contribution in [2.45, 2.75) is 12.7 Å². The Morgan fingerprint density at radius 2 is 1.84 bits per heavy atom. The summed E-state index contributed by atoms with van der Waals surface area (Å²) >= 11 is 0. The summed E-state index contributed by atoms with van der Waals surface area (Å²) in [4.78, 5) is 8.46. The molecule has 0 saturated heterocycles. The molecule has 4 rings (SSSR count). The lowest BCUT2D eigenvalue weighted by atomic mass is 10.0. The maximum absolute atomic E-state index is 14.1. The molecule has 0 amide bonds. The predicted molar refractivity (Wildman–Crippen MR) is 115 cm³/mol. The van der Waals surface area contributed by atoms with E-state index in [1.165, 1.54) is 14.1 Å². The van der Waals surface area contributed by atoms with Crippen LogP contribution in [0.3, 0.4) is 0 Å². The minimum atomic E-state index is -3.71. The van der Waals surface area contributed by atoms with Gasteiger partial charge in [0.05, 0.1) is 16.8 Å². The third-order valence-electron chi connectivity index (χ3n) is 4.85. The second kappa shape index (κ2) is 8.24. The Hall–Kier alpha value is -3.44. The molecule has 0 aliphatic rings. The zero-order chi connectivity index (χ0) is 23.0. The number of rotatable bonds is 6. The minimum absolute atomic E-state index is 0.133. The van der Waals surface area contributed by atoms with Gasteiger partial charge in [-0.1, -0.05) is 24.3 Å². The van der Waals surface area contributed by atoms with Crippen LogP contribution in [-0.4, -0.2) is 47.0 Å². The van der Waals surface area contributed by atoms with Gasteiger partial charge in [-0.05, 0) is 24.6 Å². The molecule has 0 saturated carbocycles. The second-order valence-corrected chi connectivity index (χ2v) is 9.46. The molecule has 2 heterocycles. The van der Waals surface area contributed by atoms with Gasteiger partial charge in [-0.2, -0.15) is 15.1 Å². The summed E-state index contributed by atoms with van der Waals surface area (Å²) in [6, 6.07) is 9.98. The summed E-state index contributed by atoms with van der Waals surface area (Å²) in [5.41, 5.74) is 2.59. The number of hydrogen-bond acceptors (Lipinski definition) is 6. The fourth-order valence-corrected chi connectivity index (χ4v) is 3.94. The lowest BCUT2D eigenvalue weighted by Crippen LogP contribution is -2.24. The van der Waals surface area contributed by atoms with E-state index in [-0.39, 0.29) is 23.1 Å². The van der Waals surface area contributed by atoms with E-state index in [2.05, 4.69) is 20.2 Å². The normalized spacial score (nSPS) is 11.9. The van der Waals surface area contributed by atoms with Crippen molar-refractivity contribution in [3.8, 4) is 23.0 Å². The van der Waals surface area contributed by atoms with E-state index in [4.69, 9.17) is 4.74 Å². The lowest BCUT2D eigenvalue weighted by Gasteiger charge is -2.13. The number of sulfonamides is 1. The molecule has 1 N–H and O–H groups in total. The van der Waals surface area contributed by atoms with Crippen LogP contribution in [0, 0.1) is 18.6 Å². The van der Waals surface area contributed by atoms with Crippen LogP contribution < -0.4 is 4.74 Å². The summed E-state index contributed by atoms with van der Waals surface area (Å²) < 4.78 is 59.0. The fourth-order valence-electron chi connectivity index (χ4n) is 3.13. The zero-order valence-electron chi connectivity index (χ0n) is 17.4. The van der Waals surface area contributed by atoms with Gasteiger partial charge < -0.3 is 4.74 Å². The number of aryl methyl sites for hydroxylation is 1. The molecule has 2 aromatic carbocycles. The van der Waals surface area contributed by atoms with Crippen LogP contribution in [-0.2, 0) is 15.8 Å². The van der Waals surface area contributed by atoms with Gasteiger partial charge in [0.2, 0.25) is 10.0 Å². The number of hydrogen-bond donors (Lipinski definition) is 1. The third kappa shape index (κ3) is 4.16. The molecule has 0 spiro atoms. The number of benzene rings is 2. The van der Waals surface area contributed by atoms with Gasteiger partial charge in [-0.3, -0.25) is 5.10 Å². The van der Waals surface area contributed by atoms with Gasteiger partial charge in [0, 0.05) is 25.7 Å². The average Bonchev–Trinajstić information content (AvgIpc) is 3.14. The lowest BCUT2D eigenvalue weighted by molar-refractivity contribution is 0.408. The summed E-state index contributed by atoms with van der Waals surface area (Å²) in [5, 5.41) is 7.50. The van der Waals surface area contributed by atoms with Crippen molar-refractivity contribution in [1.29, 1.82) is 0 Å². The molecule has 0 aliphatic carbocycles. The number of halogens is 2. The van der Waals surface area contributed by atoms with E-state index in [0.29, 0.717) is 17.1 Å². The minimum Gasteiger partial charge on any atom is -0.421 e. The largest absolute Gasteiger partial charge is 0.421 e. The average molecular weight is 459 g/mol. The van der Waals surface area contributed by atoms with Gasteiger partial charge in [0.25, 0.3) is 0 Å². The quantitative estimate of drug-likeness (QED) is 0.471. The third-order valence-corrected chi connectivity index (χ3v) is 6.60. The smallest absolute Gasteiger partial charge is 0.324 e. The number of nitrogens with zero attached hydrogens (tertiary/aromatic N) is 4. The van der Waals surface area contributed by atoms with Crippen molar-refractivity contribution >= 4 is 21.1 Å². The summed E-state index contributed by atoms with van der Waals surface area (Å²) in [6.07, 6.45) is 0. The molecule has 32 heavy (non-hydrogen) atoms. The number of fused-ring (bicyclic) bond motifs is 1. The monoisotopic (exact) mass is 459 g/mol. The van der Waals surface area contributed by atoms with Crippen molar-refractivity contribution < 1.29 is 21.9 Å². The first-order chi connectivity index (χ1) is 15.2. The Bertz CT molecular complexity index is 1420. The standard InChI is InChI=1S/C21H19F2N5O3S/c1-12-6-4-5-7-14(12)19-18-16(11-32(29,30)28(2)3)24-21(25-20(18)27-26-19)31-17-9-8-13(22)10-15(17)23/h4-10H,11H2,1-3H3,(H,24,25,26,27). The molecule has 4 aromatic rings. The molecule has 11 heteroatoms. The summed E-state index contributed by atoms with van der Waals surface area (Å²) in [5.74, 6) is -2.47. The number of nitrogens with one attached hydrogen (secondary N) is 1. The van der Waals surface area contributed by atoms with E-state index in [0.717, 1.165) is 27.6 Å². The van der Waals surface area contributed by atoms with Crippen LogP contribution >= 0.6 is 0 Å². The van der Waals surface area contributed by atoms with Gasteiger partial charge in [0.1, 0.15) is 11.6 Å². The first kappa shape index (κ1) is 21.8. The topological polar surface area (TPSA) is 101 Å². The molecule has 0 bridgehead atoms. The summed E-state index contributed by atoms with van der Waals surface area (Å²) in [7, 11) is -0.884. The van der Waals surface area contributed by atoms with E-state index in [1.807, 2.05) is 31.2 Å². The molecule has 2 aromatic heterocycles. The second-order valence-electron chi connectivity index (χ2n) is 7.28. The van der Waals surface area contributed by atoms with Gasteiger partial charge >= 0.3 is 6.01 Å². The maximum atomic E-state index is 14.1. The first-order valence-corrected chi connectivity index (χ1v) is 11.1. The van der Waals surface area contributed by atoms with Crippen molar-refractivity contribution in [2.75, 3.05) is 14.1 Å². The Morgan fingerprint density at radius 1 is 1.09 bits per heavy atom. The highest BCUT2D eigenvalue weighted by atomic mass is 32.2. The van der Waals surface area contributed by atoms with Crippen LogP contribution in [0.15, 0.2) is 42.5 Å². The Labute approximate surface area is 182 Å². The number of ether oxygens (including phenoxy) is 1. The van der Waals surface area contributed by atoms with E-state index >= 15 is 0 Å². The molecule has 8 nitrogen and oxygen atoms in total. The van der Waals surface area contributed by atoms with E-state index in [1.54, 1.807) is 0 Å². The molecular formula is C21H19F2N5O3S. The highest BCUT2D eigenvalue weighted by molar-refractivity contribution is 7.88. The predicted octanol–water partition coefficient (Wildman–Crippen LogP) is 3.79. The Kier molecular flexibility index (Phi) is 5.61. The fraction of sp³-hybridized carbons (Fsp3) is 0.190. The van der Waals surface area contributed by atoms with Gasteiger partial charge in [0.15, 0.2) is 17.2 Å². The highest BCUT2D eigenvalue weighted by Crippen LogP contribution is 2.33. The SMILES string of the molecule is Cc1ccccc1-c1[nH]nc2nc(Oc3ccc(F)cc3F)nc(CS(=O)(=O)N(C)C)c12. The molecule has 0 fully saturated rings. The Balaban J connectivity index is 1.89. The van der Waals surface area contributed by atoms with Crippen LogP contribution in [0.25, 0.3) is 22.3 Å². The van der Waals surface area contributed by atoms with Crippen molar-refractivity contribution in [3.05, 3.63) is 65.4 Å². The molecule has 0 atom stereocenters. The first-order valence-electron chi connectivity index (χ1n) is 9.50. The number of H-pyrrole nitrogens is 1. The molecule has 0 aliphatic heterocycles. The molecular weight excluding hydrogens is 440 g/mol. The maximum Gasteiger partial charge on any atom is 0.324 e. The number of aromatic amines is 1. The van der Waals surface area contributed by atoms with Crippen LogP contribution in [0.2, 0.25) is 0 Å². The zero-order valence-corrected chi connectivity index (χ0v) is 18.2. The van der Waals surface area contributed by atoms with Crippen molar-refractivity contribution in [1.82, 2.24) is 24.5 Å². The molecule has 0 radical (unpaired) electrons.